The summed E-state index contributed by atoms with van der Waals surface area (Å²) in [5, 5.41) is 0. The third-order valence-corrected chi connectivity index (χ3v) is 1.47. The lowest BCUT2D eigenvalue weighted by Gasteiger charge is -2.01. The number of benzene rings is 1. The molecule has 0 unspecified atom stereocenters. The maximum atomic E-state index is 8.00. The van der Waals surface area contributed by atoms with Crippen molar-refractivity contribution in [3.63, 3.8) is 0 Å². The second-order valence-corrected chi connectivity index (χ2v) is 2.57. The van der Waals surface area contributed by atoms with Crippen molar-refractivity contribution in [1.29, 1.82) is 0 Å². The predicted molar refractivity (Wildman–Crippen MR) is 58.9 cm³/mol. The molecule has 0 N–H and O–H groups in total. The van der Waals surface area contributed by atoms with Gasteiger partial charge < -0.3 is 4.79 Å². The highest BCUT2D eigenvalue weighted by molar-refractivity contribution is 5.17. The summed E-state index contributed by atoms with van der Waals surface area (Å²) in [7, 11) is 0. The molecule has 0 aliphatic carbocycles. The van der Waals surface area contributed by atoms with Gasteiger partial charge in [-0.1, -0.05) is 44.2 Å². The molecule has 1 rings (SSSR count). The van der Waals surface area contributed by atoms with Gasteiger partial charge in [0.1, 0.15) is 6.79 Å². The van der Waals surface area contributed by atoms with Crippen LogP contribution in [0.5, 0.6) is 0 Å². The predicted octanol–water partition coefficient (Wildman–Crippen LogP) is 3.43. The molecule has 0 spiro atoms. The first-order valence-corrected chi connectivity index (χ1v) is 4.14. The first-order valence-electron chi connectivity index (χ1n) is 4.14. The summed E-state index contributed by atoms with van der Waals surface area (Å²) in [6.45, 7) is 12.4. The SMILES string of the molecule is C=C.C=O.CC(C)c1ccccc1. The molecule has 0 saturated carbocycles. The quantitative estimate of drug-likeness (QED) is 0.602. The van der Waals surface area contributed by atoms with Gasteiger partial charge in [-0.3, -0.25) is 0 Å². The van der Waals surface area contributed by atoms with Crippen molar-refractivity contribution in [1.82, 2.24) is 0 Å². The molecule has 0 aromatic heterocycles. The van der Waals surface area contributed by atoms with Crippen LogP contribution in [-0.4, -0.2) is 6.79 Å². The van der Waals surface area contributed by atoms with E-state index in [4.69, 9.17) is 4.79 Å². The van der Waals surface area contributed by atoms with Gasteiger partial charge in [0.25, 0.3) is 0 Å². The van der Waals surface area contributed by atoms with Crippen molar-refractivity contribution in [3.05, 3.63) is 49.1 Å². The Morgan fingerprint density at radius 2 is 1.38 bits per heavy atom. The molecule has 72 valence electrons. The van der Waals surface area contributed by atoms with Crippen LogP contribution in [0.2, 0.25) is 0 Å². The molecule has 0 fully saturated rings. The highest BCUT2D eigenvalue weighted by atomic mass is 16.1. The second-order valence-electron chi connectivity index (χ2n) is 2.57. The van der Waals surface area contributed by atoms with Gasteiger partial charge in [-0.15, -0.1) is 13.2 Å². The van der Waals surface area contributed by atoms with Crippen LogP contribution in [-0.2, 0) is 4.79 Å². The van der Waals surface area contributed by atoms with Gasteiger partial charge in [0, 0.05) is 0 Å². The summed E-state index contributed by atoms with van der Waals surface area (Å²) in [6, 6.07) is 10.5. The zero-order valence-corrected chi connectivity index (χ0v) is 8.49. The summed E-state index contributed by atoms with van der Waals surface area (Å²) in [5.74, 6) is 0.659. The molecule has 0 saturated heterocycles. The molecule has 0 atom stereocenters. The van der Waals surface area contributed by atoms with E-state index in [1.807, 2.05) is 12.9 Å². The van der Waals surface area contributed by atoms with E-state index >= 15 is 0 Å². The molecular weight excluding hydrogens is 160 g/mol. The van der Waals surface area contributed by atoms with Crippen LogP contribution in [0.25, 0.3) is 0 Å². The van der Waals surface area contributed by atoms with Crippen LogP contribution < -0.4 is 0 Å². The highest BCUT2D eigenvalue weighted by Gasteiger charge is 1.93. The van der Waals surface area contributed by atoms with Crippen molar-refractivity contribution >= 4 is 6.79 Å². The molecule has 0 aliphatic heterocycles. The Morgan fingerprint density at radius 3 is 1.62 bits per heavy atom. The van der Waals surface area contributed by atoms with Crippen molar-refractivity contribution in [2.75, 3.05) is 0 Å². The van der Waals surface area contributed by atoms with Crippen LogP contribution >= 0.6 is 0 Å². The van der Waals surface area contributed by atoms with Crippen LogP contribution in [0.4, 0.5) is 0 Å². The fraction of sp³-hybridized carbons (Fsp3) is 0.250. The van der Waals surface area contributed by atoms with Crippen molar-refractivity contribution < 1.29 is 4.79 Å². The number of rotatable bonds is 1. The van der Waals surface area contributed by atoms with E-state index in [-0.39, 0.29) is 0 Å². The van der Waals surface area contributed by atoms with Crippen molar-refractivity contribution in [2.24, 2.45) is 0 Å². The standard InChI is InChI=1S/C9H12.C2H4.CH2O/c1-8(2)9-6-4-3-5-7-9;2*1-2/h3-8H,1-2H3;1-2H2;1H2. The third kappa shape index (κ3) is 7.01. The topological polar surface area (TPSA) is 17.1 Å². The Balaban J connectivity index is 0. The Kier molecular flexibility index (Phi) is 11.6. The Bertz CT molecular complexity index is 190. The fourth-order valence-electron chi connectivity index (χ4n) is 0.838. The van der Waals surface area contributed by atoms with Crippen LogP contribution in [0.3, 0.4) is 0 Å². The number of carbonyl (C=O) groups excluding carboxylic acids is 1. The van der Waals surface area contributed by atoms with Crippen LogP contribution in [0.1, 0.15) is 25.3 Å². The summed E-state index contributed by atoms with van der Waals surface area (Å²) in [4.78, 5) is 8.00. The number of hydrogen-bond acceptors (Lipinski definition) is 1. The Labute approximate surface area is 81.1 Å². The van der Waals surface area contributed by atoms with E-state index in [2.05, 4.69) is 51.3 Å². The second kappa shape index (κ2) is 10.6. The normalized spacial score (nSPS) is 7.62. The van der Waals surface area contributed by atoms with Gasteiger partial charge in [-0.2, -0.15) is 0 Å². The minimum absolute atomic E-state index is 0.659. The summed E-state index contributed by atoms with van der Waals surface area (Å²) < 4.78 is 0. The zero-order valence-electron chi connectivity index (χ0n) is 8.49. The van der Waals surface area contributed by atoms with Gasteiger partial charge in [-0.05, 0) is 11.5 Å². The molecule has 1 aromatic rings. The minimum Gasteiger partial charge on any atom is -0.307 e. The maximum Gasteiger partial charge on any atom is 0.106 e. The number of hydrogen-bond donors (Lipinski definition) is 0. The average Bonchev–Trinajstić information content (AvgIpc) is 2.25. The molecule has 13 heavy (non-hydrogen) atoms. The van der Waals surface area contributed by atoms with Crippen LogP contribution in [0.15, 0.2) is 43.5 Å². The largest absolute Gasteiger partial charge is 0.307 e. The summed E-state index contributed by atoms with van der Waals surface area (Å²) >= 11 is 0. The van der Waals surface area contributed by atoms with E-state index in [1.165, 1.54) is 5.56 Å². The molecule has 0 aliphatic rings. The van der Waals surface area contributed by atoms with Gasteiger partial charge in [-0.25, -0.2) is 0 Å². The minimum atomic E-state index is 0.659. The summed E-state index contributed by atoms with van der Waals surface area (Å²) in [5.41, 5.74) is 1.41. The number of carbonyl (C=O) groups is 1. The lowest BCUT2D eigenvalue weighted by atomic mass is 10.0. The van der Waals surface area contributed by atoms with E-state index < -0.39 is 0 Å². The lowest BCUT2D eigenvalue weighted by Crippen LogP contribution is -1.83. The van der Waals surface area contributed by atoms with Crippen molar-refractivity contribution in [2.45, 2.75) is 19.8 Å². The Morgan fingerprint density at radius 1 is 1.00 bits per heavy atom. The Hall–Kier alpha value is -1.37. The maximum absolute atomic E-state index is 8.00. The molecule has 1 nitrogen and oxygen atoms in total. The molecule has 0 amide bonds. The van der Waals surface area contributed by atoms with E-state index in [0.29, 0.717) is 5.92 Å². The van der Waals surface area contributed by atoms with Gasteiger partial charge >= 0.3 is 0 Å². The monoisotopic (exact) mass is 178 g/mol. The summed E-state index contributed by atoms with van der Waals surface area (Å²) in [6.07, 6.45) is 0. The van der Waals surface area contributed by atoms with E-state index in [1.54, 1.807) is 0 Å². The first kappa shape index (κ1) is 14.2. The fourth-order valence-corrected chi connectivity index (χ4v) is 0.838. The van der Waals surface area contributed by atoms with Gasteiger partial charge in [0.15, 0.2) is 0 Å². The van der Waals surface area contributed by atoms with Crippen LogP contribution in [0, 0.1) is 0 Å². The van der Waals surface area contributed by atoms with Crippen molar-refractivity contribution in [3.8, 4) is 0 Å². The molecule has 0 bridgehead atoms. The average molecular weight is 178 g/mol. The third-order valence-electron chi connectivity index (χ3n) is 1.47. The molecule has 1 aromatic carbocycles. The highest BCUT2D eigenvalue weighted by Crippen LogP contribution is 2.11. The molecule has 0 heterocycles. The lowest BCUT2D eigenvalue weighted by molar-refractivity contribution is -0.0979. The van der Waals surface area contributed by atoms with Gasteiger partial charge in [0.2, 0.25) is 0 Å². The molecule has 0 radical (unpaired) electrons. The van der Waals surface area contributed by atoms with E-state index in [9.17, 15) is 0 Å². The zero-order chi connectivity index (χ0) is 10.7. The molecule has 1 heteroatoms. The van der Waals surface area contributed by atoms with E-state index in [0.717, 1.165) is 0 Å². The van der Waals surface area contributed by atoms with Gasteiger partial charge in [0.05, 0.1) is 0 Å². The molecular formula is C12H18O. The first-order chi connectivity index (χ1) is 6.30. The smallest absolute Gasteiger partial charge is 0.106 e.